The van der Waals surface area contributed by atoms with Gasteiger partial charge in [0.1, 0.15) is 12.4 Å². The maximum absolute atomic E-state index is 13.7. The standard InChI is InChI=1S/C21H18F4N2O3S/c1-20(30-2)10-27(11-20)17(28)8-26-6-5-16-18(19(26)29)13(9-31-16)12-3-4-15(22)14(7-12)21(23,24)25/h3-7,9H,8,10-11H2,1-2H3. The Morgan fingerprint density at radius 2 is 1.97 bits per heavy atom. The van der Waals surface area contributed by atoms with Crippen LogP contribution in [0, 0.1) is 5.82 Å². The van der Waals surface area contributed by atoms with E-state index in [-0.39, 0.29) is 29.0 Å². The number of ether oxygens (including phenoxy) is 1. The number of hydrogen-bond donors (Lipinski definition) is 0. The summed E-state index contributed by atoms with van der Waals surface area (Å²) in [5.74, 6) is -1.63. The van der Waals surface area contributed by atoms with Gasteiger partial charge < -0.3 is 14.2 Å². The molecule has 0 atom stereocenters. The first-order valence-corrected chi connectivity index (χ1v) is 10.2. The maximum Gasteiger partial charge on any atom is 0.419 e. The zero-order valence-corrected chi connectivity index (χ0v) is 17.4. The third-order valence-electron chi connectivity index (χ3n) is 5.48. The highest BCUT2D eigenvalue weighted by atomic mass is 32.1. The molecule has 0 unspecified atom stereocenters. The summed E-state index contributed by atoms with van der Waals surface area (Å²) in [6, 6.07) is 4.29. The number of nitrogens with zero attached hydrogens (tertiary/aromatic N) is 2. The van der Waals surface area contributed by atoms with Gasteiger partial charge in [-0.05, 0) is 30.7 Å². The molecule has 5 nitrogen and oxygen atoms in total. The second-order valence-corrected chi connectivity index (χ2v) is 8.64. The van der Waals surface area contributed by atoms with E-state index in [0.29, 0.717) is 23.9 Å². The quantitative estimate of drug-likeness (QED) is 0.557. The highest BCUT2D eigenvalue weighted by Gasteiger charge is 2.41. The van der Waals surface area contributed by atoms with Gasteiger partial charge in [0.2, 0.25) is 5.91 Å². The van der Waals surface area contributed by atoms with Crippen molar-refractivity contribution in [3.8, 4) is 11.1 Å². The topological polar surface area (TPSA) is 51.5 Å². The smallest absolute Gasteiger partial charge is 0.375 e. The Balaban J connectivity index is 1.69. The number of halogens is 4. The molecule has 3 aromatic rings. The normalized spacial score (nSPS) is 15.9. The van der Waals surface area contributed by atoms with E-state index in [1.807, 2.05) is 6.92 Å². The van der Waals surface area contributed by atoms with Crippen molar-refractivity contribution in [1.29, 1.82) is 0 Å². The molecule has 1 amide bonds. The Labute approximate surface area is 178 Å². The lowest BCUT2D eigenvalue weighted by Crippen LogP contribution is -2.63. The predicted molar refractivity (Wildman–Crippen MR) is 108 cm³/mol. The van der Waals surface area contributed by atoms with Crippen molar-refractivity contribution in [2.75, 3.05) is 20.2 Å². The van der Waals surface area contributed by atoms with Gasteiger partial charge >= 0.3 is 6.18 Å². The number of aromatic nitrogens is 1. The number of pyridine rings is 1. The molecule has 2 aromatic heterocycles. The van der Waals surface area contributed by atoms with Crippen LogP contribution >= 0.6 is 11.3 Å². The molecule has 3 heterocycles. The van der Waals surface area contributed by atoms with Crippen LogP contribution in [0.25, 0.3) is 21.2 Å². The van der Waals surface area contributed by atoms with Gasteiger partial charge in [0, 0.05) is 29.0 Å². The van der Waals surface area contributed by atoms with Crippen LogP contribution in [0.4, 0.5) is 17.6 Å². The van der Waals surface area contributed by atoms with Crippen LogP contribution < -0.4 is 5.56 Å². The molecule has 164 valence electrons. The van der Waals surface area contributed by atoms with Gasteiger partial charge in [-0.25, -0.2) is 4.39 Å². The Kier molecular flexibility index (Phi) is 5.17. The molecule has 1 aliphatic rings. The number of alkyl halides is 3. The third-order valence-corrected chi connectivity index (χ3v) is 6.43. The minimum Gasteiger partial charge on any atom is -0.375 e. The summed E-state index contributed by atoms with van der Waals surface area (Å²) in [7, 11) is 1.57. The molecule has 0 bridgehead atoms. The molecular weight excluding hydrogens is 436 g/mol. The molecule has 1 fully saturated rings. The maximum atomic E-state index is 13.7. The first-order chi connectivity index (χ1) is 14.5. The number of benzene rings is 1. The van der Waals surface area contributed by atoms with E-state index >= 15 is 0 Å². The number of carbonyl (C=O) groups is 1. The van der Waals surface area contributed by atoms with Crippen LogP contribution in [0.1, 0.15) is 12.5 Å². The highest BCUT2D eigenvalue weighted by Crippen LogP contribution is 2.37. The largest absolute Gasteiger partial charge is 0.419 e. The Morgan fingerprint density at radius 1 is 1.26 bits per heavy atom. The van der Waals surface area contributed by atoms with E-state index < -0.39 is 28.7 Å². The van der Waals surface area contributed by atoms with Crippen LogP contribution in [-0.4, -0.2) is 41.2 Å². The number of hydrogen-bond acceptors (Lipinski definition) is 4. The summed E-state index contributed by atoms with van der Waals surface area (Å²) >= 11 is 1.19. The van der Waals surface area contributed by atoms with Gasteiger partial charge in [0.25, 0.3) is 5.56 Å². The zero-order chi connectivity index (χ0) is 22.6. The van der Waals surface area contributed by atoms with Gasteiger partial charge in [-0.15, -0.1) is 11.3 Å². The van der Waals surface area contributed by atoms with Crippen molar-refractivity contribution in [2.45, 2.75) is 25.2 Å². The van der Waals surface area contributed by atoms with Crippen LogP contribution in [0.5, 0.6) is 0 Å². The minimum atomic E-state index is -4.85. The van der Waals surface area contributed by atoms with E-state index in [1.165, 1.54) is 28.2 Å². The molecule has 0 radical (unpaired) electrons. The molecule has 0 N–H and O–H groups in total. The lowest BCUT2D eigenvalue weighted by atomic mass is 9.96. The average Bonchev–Trinajstić information content (AvgIpc) is 3.12. The lowest BCUT2D eigenvalue weighted by Gasteiger charge is -2.46. The van der Waals surface area contributed by atoms with Crippen molar-refractivity contribution in [2.24, 2.45) is 0 Å². The number of thiophene rings is 1. The van der Waals surface area contributed by atoms with Gasteiger partial charge in [-0.2, -0.15) is 13.2 Å². The summed E-state index contributed by atoms with van der Waals surface area (Å²) in [4.78, 5) is 27.2. The summed E-state index contributed by atoms with van der Waals surface area (Å²) in [6.45, 7) is 2.52. The number of carbonyl (C=O) groups excluding carboxylic acids is 1. The fraction of sp³-hybridized carbons (Fsp3) is 0.333. The van der Waals surface area contributed by atoms with Gasteiger partial charge in [-0.3, -0.25) is 9.59 Å². The number of amides is 1. The first kappa shape index (κ1) is 21.5. The molecule has 1 aliphatic heterocycles. The molecule has 31 heavy (non-hydrogen) atoms. The summed E-state index contributed by atoms with van der Waals surface area (Å²) < 4.78 is 60.1. The van der Waals surface area contributed by atoms with E-state index in [2.05, 4.69) is 0 Å². The lowest BCUT2D eigenvalue weighted by molar-refractivity contribution is -0.158. The Bertz CT molecular complexity index is 1230. The molecular formula is C21H18F4N2O3S. The van der Waals surface area contributed by atoms with E-state index in [1.54, 1.807) is 23.5 Å². The number of likely N-dealkylation sites (tertiary alicyclic amines) is 1. The minimum absolute atomic E-state index is 0.0831. The second kappa shape index (κ2) is 7.45. The number of rotatable bonds is 4. The van der Waals surface area contributed by atoms with Crippen LogP contribution in [0.15, 0.2) is 40.6 Å². The molecule has 0 spiro atoms. The Hall–Kier alpha value is -2.72. The SMILES string of the molecule is COC1(C)CN(C(=O)Cn2ccc3scc(-c4ccc(F)c(C(F)(F)F)c4)c3c2=O)C1. The number of methoxy groups -OCH3 is 1. The van der Waals surface area contributed by atoms with Crippen molar-refractivity contribution in [1.82, 2.24) is 9.47 Å². The molecule has 1 aromatic carbocycles. The van der Waals surface area contributed by atoms with Crippen molar-refractivity contribution in [3.63, 3.8) is 0 Å². The molecule has 4 rings (SSSR count). The zero-order valence-electron chi connectivity index (χ0n) is 16.6. The summed E-state index contributed by atoms with van der Waals surface area (Å²) in [6.07, 6.45) is -3.36. The second-order valence-electron chi connectivity index (χ2n) is 7.73. The molecule has 0 aliphatic carbocycles. The molecule has 10 heteroatoms. The van der Waals surface area contributed by atoms with Crippen LogP contribution in [0.2, 0.25) is 0 Å². The molecule has 1 saturated heterocycles. The van der Waals surface area contributed by atoms with Gasteiger partial charge in [-0.1, -0.05) is 6.07 Å². The van der Waals surface area contributed by atoms with Gasteiger partial charge in [0.05, 0.1) is 29.6 Å². The highest BCUT2D eigenvalue weighted by molar-refractivity contribution is 7.17. The fourth-order valence-corrected chi connectivity index (χ4v) is 4.60. The van der Waals surface area contributed by atoms with Crippen LogP contribution in [-0.2, 0) is 22.3 Å². The van der Waals surface area contributed by atoms with Crippen molar-refractivity contribution in [3.05, 3.63) is 57.6 Å². The summed E-state index contributed by atoms with van der Waals surface area (Å²) in [5.41, 5.74) is -1.93. The Morgan fingerprint density at radius 3 is 2.61 bits per heavy atom. The third kappa shape index (κ3) is 3.85. The summed E-state index contributed by atoms with van der Waals surface area (Å²) in [5, 5.41) is 1.76. The fourth-order valence-electron chi connectivity index (χ4n) is 3.64. The predicted octanol–water partition coefficient (Wildman–Crippen LogP) is 4.14. The van der Waals surface area contributed by atoms with Crippen LogP contribution in [0.3, 0.4) is 0 Å². The number of fused-ring (bicyclic) bond motifs is 1. The van der Waals surface area contributed by atoms with E-state index in [0.717, 1.165) is 6.07 Å². The van der Waals surface area contributed by atoms with Crippen molar-refractivity contribution >= 4 is 27.3 Å². The average molecular weight is 454 g/mol. The monoisotopic (exact) mass is 454 g/mol. The molecule has 0 saturated carbocycles. The van der Waals surface area contributed by atoms with E-state index in [9.17, 15) is 27.2 Å². The van der Waals surface area contributed by atoms with Gasteiger partial charge in [0.15, 0.2) is 0 Å². The first-order valence-electron chi connectivity index (χ1n) is 9.33. The van der Waals surface area contributed by atoms with E-state index in [4.69, 9.17) is 4.74 Å². The van der Waals surface area contributed by atoms with Crippen molar-refractivity contribution < 1.29 is 27.1 Å².